The number of nitrogens with zero attached hydrogens (tertiary/aromatic N) is 1. The van der Waals surface area contributed by atoms with Crippen LogP contribution >= 0.6 is 15.9 Å². The average Bonchev–Trinajstić information content (AvgIpc) is 2.55. The summed E-state index contributed by atoms with van der Waals surface area (Å²) in [5.74, 6) is -7.57. The second-order valence-electron chi connectivity index (χ2n) is 4.32. The second-order valence-corrected chi connectivity index (χ2v) is 5.12. The van der Waals surface area contributed by atoms with E-state index in [1.807, 2.05) is 0 Å². The topological polar surface area (TPSA) is 33.0 Å². The molecular formula is C15H8BrF4NO. The molecule has 0 heterocycles. The number of nitriles is 1. The largest absolute Gasteiger partial charge is 0.497 e. The molecule has 0 aromatic heterocycles. The van der Waals surface area contributed by atoms with Crippen molar-refractivity contribution in [1.82, 2.24) is 0 Å². The van der Waals surface area contributed by atoms with Crippen molar-refractivity contribution >= 4 is 15.9 Å². The summed E-state index contributed by atoms with van der Waals surface area (Å²) in [6.07, 6.45) is 0. The Bertz CT molecular complexity index is 744. The third kappa shape index (κ3) is 2.66. The summed E-state index contributed by atoms with van der Waals surface area (Å²) in [4.78, 5) is 0. The zero-order valence-corrected chi connectivity index (χ0v) is 12.7. The van der Waals surface area contributed by atoms with Crippen LogP contribution in [0.3, 0.4) is 0 Å². The number of methoxy groups -OCH3 is 1. The quantitative estimate of drug-likeness (QED) is 0.445. The molecule has 1 atom stereocenters. The van der Waals surface area contributed by atoms with E-state index >= 15 is 0 Å². The molecule has 0 spiro atoms. The number of hydrogen-bond acceptors (Lipinski definition) is 2. The Hall–Kier alpha value is -2.07. The van der Waals surface area contributed by atoms with Gasteiger partial charge in [0.2, 0.25) is 0 Å². The summed E-state index contributed by atoms with van der Waals surface area (Å²) in [7, 11) is 1.38. The zero-order valence-electron chi connectivity index (χ0n) is 11.1. The molecule has 0 radical (unpaired) electrons. The lowest BCUT2D eigenvalue weighted by Gasteiger charge is -2.15. The van der Waals surface area contributed by atoms with Crippen LogP contribution in [0, 0.1) is 34.6 Å². The van der Waals surface area contributed by atoms with E-state index in [9.17, 15) is 22.8 Å². The molecule has 2 nitrogen and oxygen atoms in total. The maximum absolute atomic E-state index is 14.0. The number of halogens is 5. The summed E-state index contributed by atoms with van der Waals surface area (Å²) in [5.41, 5.74) is -0.824. The standard InChI is InChI=1S/C15H8BrF4NO/c1-22-8-4-2-3-7(5-8)9(6-21)10-12(17)14(19)11(16)15(20)13(10)18/h2-5,9H,1H3. The van der Waals surface area contributed by atoms with Gasteiger partial charge in [0.05, 0.1) is 23.2 Å². The first-order valence-corrected chi connectivity index (χ1v) is 6.76. The molecule has 22 heavy (non-hydrogen) atoms. The molecule has 2 aromatic rings. The van der Waals surface area contributed by atoms with Crippen LogP contribution in [0.2, 0.25) is 0 Å². The van der Waals surface area contributed by atoms with E-state index < -0.39 is 39.2 Å². The minimum absolute atomic E-state index is 0.153. The highest BCUT2D eigenvalue weighted by Crippen LogP contribution is 2.35. The molecular weight excluding hydrogens is 366 g/mol. The zero-order chi connectivity index (χ0) is 16.4. The molecule has 1 unspecified atom stereocenters. The highest BCUT2D eigenvalue weighted by atomic mass is 79.9. The molecule has 114 valence electrons. The summed E-state index contributed by atoms with van der Waals surface area (Å²) in [5, 5.41) is 9.22. The van der Waals surface area contributed by atoms with Crippen LogP contribution in [0.15, 0.2) is 28.7 Å². The Morgan fingerprint density at radius 2 is 1.68 bits per heavy atom. The molecule has 0 bridgehead atoms. The summed E-state index contributed by atoms with van der Waals surface area (Å²) in [6.45, 7) is 0. The molecule has 2 rings (SSSR count). The van der Waals surface area contributed by atoms with E-state index in [0.717, 1.165) is 0 Å². The normalized spacial score (nSPS) is 11.9. The van der Waals surface area contributed by atoms with Crippen molar-refractivity contribution in [3.63, 3.8) is 0 Å². The van der Waals surface area contributed by atoms with Crippen molar-refractivity contribution in [2.24, 2.45) is 0 Å². The monoisotopic (exact) mass is 373 g/mol. The highest BCUT2D eigenvalue weighted by molar-refractivity contribution is 9.10. The van der Waals surface area contributed by atoms with Crippen molar-refractivity contribution < 1.29 is 22.3 Å². The van der Waals surface area contributed by atoms with Crippen molar-refractivity contribution in [3.8, 4) is 11.8 Å². The summed E-state index contributed by atoms with van der Waals surface area (Å²) < 4.78 is 59.3. The van der Waals surface area contributed by atoms with Crippen molar-refractivity contribution in [2.45, 2.75) is 5.92 Å². The third-order valence-corrected chi connectivity index (χ3v) is 3.78. The van der Waals surface area contributed by atoms with Gasteiger partial charge >= 0.3 is 0 Å². The van der Waals surface area contributed by atoms with Crippen LogP contribution in [0.25, 0.3) is 0 Å². The third-order valence-electron chi connectivity index (χ3n) is 3.09. The van der Waals surface area contributed by atoms with Gasteiger partial charge in [0.15, 0.2) is 23.3 Å². The molecule has 7 heteroatoms. The van der Waals surface area contributed by atoms with Gasteiger partial charge in [-0.2, -0.15) is 5.26 Å². The highest BCUT2D eigenvalue weighted by Gasteiger charge is 2.30. The molecule has 0 N–H and O–H groups in total. The lowest BCUT2D eigenvalue weighted by Crippen LogP contribution is -2.10. The van der Waals surface area contributed by atoms with Crippen molar-refractivity contribution in [1.29, 1.82) is 5.26 Å². The van der Waals surface area contributed by atoms with E-state index in [1.54, 1.807) is 12.1 Å². The van der Waals surface area contributed by atoms with E-state index in [0.29, 0.717) is 5.75 Å². The SMILES string of the molecule is COc1cccc(C(C#N)c2c(F)c(F)c(Br)c(F)c2F)c1. The van der Waals surface area contributed by atoms with Gasteiger partial charge in [0.1, 0.15) is 11.7 Å². The van der Waals surface area contributed by atoms with Crippen molar-refractivity contribution in [2.75, 3.05) is 7.11 Å². The fourth-order valence-electron chi connectivity index (χ4n) is 2.00. The minimum Gasteiger partial charge on any atom is -0.497 e. The smallest absolute Gasteiger partial charge is 0.176 e. The van der Waals surface area contributed by atoms with E-state index in [1.165, 1.54) is 25.3 Å². The first-order chi connectivity index (χ1) is 10.4. The molecule has 0 aliphatic carbocycles. The lowest BCUT2D eigenvalue weighted by atomic mass is 9.91. The molecule has 2 aromatic carbocycles. The Morgan fingerprint density at radius 1 is 1.09 bits per heavy atom. The van der Waals surface area contributed by atoms with Crippen molar-refractivity contribution in [3.05, 3.63) is 63.1 Å². The van der Waals surface area contributed by atoms with Gasteiger partial charge in [-0.15, -0.1) is 0 Å². The van der Waals surface area contributed by atoms with Gasteiger partial charge in [-0.25, -0.2) is 17.6 Å². The molecule has 0 aliphatic rings. The number of rotatable bonds is 3. The first kappa shape index (κ1) is 16.3. The Morgan fingerprint density at radius 3 is 2.18 bits per heavy atom. The van der Waals surface area contributed by atoms with E-state index in [2.05, 4.69) is 15.9 Å². The summed E-state index contributed by atoms with van der Waals surface area (Å²) >= 11 is 2.43. The van der Waals surface area contributed by atoms with E-state index in [4.69, 9.17) is 4.74 Å². The van der Waals surface area contributed by atoms with Gasteiger partial charge in [-0.05, 0) is 33.6 Å². The van der Waals surface area contributed by atoms with Crippen LogP contribution in [0.1, 0.15) is 17.0 Å². The maximum Gasteiger partial charge on any atom is 0.176 e. The van der Waals surface area contributed by atoms with Crippen LogP contribution in [0.4, 0.5) is 17.6 Å². The molecule has 0 amide bonds. The fourth-order valence-corrected chi connectivity index (χ4v) is 2.35. The second kappa shape index (κ2) is 6.36. The van der Waals surface area contributed by atoms with Gasteiger partial charge in [-0.3, -0.25) is 0 Å². The lowest BCUT2D eigenvalue weighted by molar-refractivity contribution is 0.413. The maximum atomic E-state index is 14.0. The van der Waals surface area contributed by atoms with Crippen LogP contribution < -0.4 is 4.74 Å². The Kier molecular flexibility index (Phi) is 4.71. The predicted molar refractivity (Wildman–Crippen MR) is 74.4 cm³/mol. The molecule has 0 fully saturated rings. The van der Waals surface area contributed by atoms with Gasteiger partial charge in [-0.1, -0.05) is 12.1 Å². The molecule has 0 saturated carbocycles. The fraction of sp³-hybridized carbons (Fsp3) is 0.133. The molecule has 0 aliphatic heterocycles. The number of benzene rings is 2. The Labute approximate surface area is 132 Å². The van der Waals surface area contributed by atoms with Gasteiger partial charge in [0.25, 0.3) is 0 Å². The Balaban J connectivity index is 2.70. The molecule has 0 saturated heterocycles. The van der Waals surface area contributed by atoms with Crippen LogP contribution in [-0.4, -0.2) is 7.11 Å². The van der Waals surface area contributed by atoms with Gasteiger partial charge in [0, 0.05) is 0 Å². The number of ether oxygens (including phenoxy) is 1. The number of hydrogen-bond donors (Lipinski definition) is 0. The average molecular weight is 374 g/mol. The summed E-state index contributed by atoms with van der Waals surface area (Å²) in [6, 6.07) is 7.50. The predicted octanol–water partition coefficient (Wildman–Crippen LogP) is 4.67. The van der Waals surface area contributed by atoms with Gasteiger partial charge < -0.3 is 4.74 Å². The van der Waals surface area contributed by atoms with Crippen LogP contribution in [-0.2, 0) is 0 Å². The van der Waals surface area contributed by atoms with Crippen LogP contribution in [0.5, 0.6) is 5.75 Å². The first-order valence-electron chi connectivity index (χ1n) is 5.97. The minimum atomic E-state index is -1.61. The van der Waals surface area contributed by atoms with E-state index in [-0.39, 0.29) is 5.56 Å².